The number of carbonyl (C=O) groups excluding carboxylic acids is 1. The molecule has 0 radical (unpaired) electrons. The Morgan fingerprint density at radius 2 is 1.53 bits per heavy atom. The van der Waals surface area contributed by atoms with Crippen molar-refractivity contribution in [2.45, 2.75) is 23.5 Å². The van der Waals surface area contributed by atoms with Crippen molar-refractivity contribution in [1.29, 1.82) is 0 Å². The number of carbonyl (C=O) groups is 1. The van der Waals surface area contributed by atoms with E-state index in [0.717, 1.165) is 12.1 Å². The van der Waals surface area contributed by atoms with E-state index >= 15 is 0 Å². The van der Waals surface area contributed by atoms with Gasteiger partial charge in [0.2, 0.25) is 15.9 Å². The molecule has 0 aromatic heterocycles. The van der Waals surface area contributed by atoms with Gasteiger partial charge in [0.05, 0.1) is 16.3 Å². The first-order chi connectivity index (χ1) is 15.9. The quantitative estimate of drug-likeness (QED) is 0.367. The highest BCUT2D eigenvalue weighted by Gasteiger charge is 2.35. The number of amides is 1. The highest BCUT2D eigenvalue weighted by Crippen LogP contribution is 2.36. The second-order valence-corrected chi connectivity index (χ2v) is 10.1. The van der Waals surface area contributed by atoms with Gasteiger partial charge in [-0.2, -0.15) is 17.9 Å². The van der Waals surface area contributed by atoms with Crippen molar-refractivity contribution in [3.8, 4) is 0 Å². The van der Waals surface area contributed by atoms with Crippen LogP contribution in [-0.4, -0.2) is 20.4 Å². The molecule has 0 bridgehead atoms. The van der Waals surface area contributed by atoms with Gasteiger partial charge in [-0.3, -0.25) is 4.79 Å². The summed E-state index contributed by atoms with van der Waals surface area (Å²) in [4.78, 5) is 12.7. The van der Waals surface area contributed by atoms with Crippen LogP contribution >= 0.6 is 34.8 Å². The third-order valence-corrected chi connectivity index (χ3v) is 7.05. The van der Waals surface area contributed by atoms with Gasteiger partial charge in [0.25, 0.3) is 0 Å². The average Bonchev–Trinajstić information content (AvgIpc) is 2.76. The summed E-state index contributed by atoms with van der Waals surface area (Å²) in [6.07, 6.45) is -4.96. The van der Waals surface area contributed by atoms with Crippen LogP contribution in [-0.2, 0) is 27.4 Å². The largest absolute Gasteiger partial charge is 0.418 e. The Labute approximate surface area is 208 Å². The van der Waals surface area contributed by atoms with E-state index in [4.69, 9.17) is 34.8 Å². The zero-order valence-corrected chi connectivity index (χ0v) is 20.1. The average molecular weight is 552 g/mol. The molecule has 0 fully saturated rings. The SMILES string of the molecule is O=C(Nc1ccc(Cl)cc1C(F)(F)F)[C@@H](Cc1ccccc1)NS(=O)(=O)c1cc(Cl)ccc1Cl. The van der Waals surface area contributed by atoms with E-state index in [1.165, 1.54) is 18.2 Å². The van der Waals surface area contributed by atoms with Gasteiger partial charge in [0.1, 0.15) is 10.9 Å². The molecule has 1 amide bonds. The molecule has 0 unspecified atom stereocenters. The molecule has 2 N–H and O–H groups in total. The summed E-state index contributed by atoms with van der Waals surface area (Å²) in [6, 6.07) is 13.5. The van der Waals surface area contributed by atoms with Crippen LogP contribution in [0.4, 0.5) is 18.9 Å². The normalized spacial score (nSPS) is 12.9. The maximum absolute atomic E-state index is 13.5. The van der Waals surface area contributed by atoms with Crippen molar-refractivity contribution in [2.24, 2.45) is 0 Å². The fourth-order valence-electron chi connectivity index (χ4n) is 3.05. The predicted molar refractivity (Wildman–Crippen MR) is 126 cm³/mol. The first-order valence-electron chi connectivity index (χ1n) is 9.56. The number of hydrogen-bond acceptors (Lipinski definition) is 3. The van der Waals surface area contributed by atoms with Gasteiger partial charge in [-0.1, -0.05) is 65.1 Å². The van der Waals surface area contributed by atoms with Crippen LogP contribution < -0.4 is 10.0 Å². The Morgan fingerprint density at radius 1 is 0.912 bits per heavy atom. The minimum atomic E-state index is -4.81. The summed E-state index contributed by atoms with van der Waals surface area (Å²) in [6.45, 7) is 0. The second-order valence-electron chi connectivity index (χ2n) is 7.12. The molecule has 0 spiro atoms. The lowest BCUT2D eigenvalue weighted by atomic mass is 10.1. The third-order valence-electron chi connectivity index (χ3n) is 4.62. The van der Waals surface area contributed by atoms with Crippen LogP contribution in [0.15, 0.2) is 71.6 Å². The first kappa shape index (κ1) is 26.3. The van der Waals surface area contributed by atoms with Gasteiger partial charge in [0.15, 0.2) is 0 Å². The van der Waals surface area contributed by atoms with Crippen molar-refractivity contribution in [2.75, 3.05) is 5.32 Å². The number of hydrogen-bond donors (Lipinski definition) is 2. The molecule has 0 heterocycles. The van der Waals surface area contributed by atoms with Crippen molar-refractivity contribution in [1.82, 2.24) is 4.72 Å². The Bertz CT molecular complexity index is 1300. The molecular formula is C22H16Cl3F3N2O3S. The molecule has 3 aromatic rings. The van der Waals surface area contributed by atoms with Crippen LogP contribution in [0.25, 0.3) is 0 Å². The van der Waals surface area contributed by atoms with Crippen LogP contribution in [0.3, 0.4) is 0 Å². The highest BCUT2D eigenvalue weighted by molar-refractivity contribution is 7.89. The summed E-state index contributed by atoms with van der Waals surface area (Å²) in [5.74, 6) is -1.02. The second kappa shape index (κ2) is 10.5. The van der Waals surface area contributed by atoms with Gasteiger partial charge in [0, 0.05) is 10.0 Å². The van der Waals surface area contributed by atoms with E-state index in [2.05, 4.69) is 10.0 Å². The molecule has 0 aliphatic rings. The summed E-state index contributed by atoms with van der Waals surface area (Å²) < 4.78 is 68.6. The van der Waals surface area contributed by atoms with Crippen molar-refractivity contribution in [3.05, 3.63) is 92.9 Å². The van der Waals surface area contributed by atoms with Gasteiger partial charge in [-0.25, -0.2) is 8.42 Å². The van der Waals surface area contributed by atoms with Crippen LogP contribution in [0, 0.1) is 0 Å². The lowest BCUT2D eigenvalue weighted by Gasteiger charge is -2.21. The Balaban J connectivity index is 1.97. The fourth-order valence-corrected chi connectivity index (χ4v) is 5.18. The van der Waals surface area contributed by atoms with E-state index in [1.807, 2.05) is 0 Å². The monoisotopic (exact) mass is 550 g/mol. The number of anilines is 1. The summed E-state index contributed by atoms with van der Waals surface area (Å²) in [7, 11) is -4.39. The molecule has 34 heavy (non-hydrogen) atoms. The number of sulfonamides is 1. The molecule has 0 aliphatic heterocycles. The smallest absolute Gasteiger partial charge is 0.324 e. The van der Waals surface area contributed by atoms with E-state index in [-0.39, 0.29) is 26.4 Å². The Kier molecular flexibility index (Phi) is 8.15. The Morgan fingerprint density at radius 3 is 2.18 bits per heavy atom. The molecule has 180 valence electrons. The minimum absolute atomic E-state index is 0.0878. The molecule has 0 saturated carbocycles. The molecule has 12 heteroatoms. The highest BCUT2D eigenvalue weighted by atomic mass is 35.5. The fraction of sp³-hybridized carbons (Fsp3) is 0.136. The van der Waals surface area contributed by atoms with E-state index in [9.17, 15) is 26.4 Å². The van der Waals surface area contributed by atoms with Gasteiger partial charge >= 0.3 is 6.18 Å². The van der Waals surface area contributed by atoms with Gasteiger partial charge < -0.3 is 5.32 Å². The zero-order valence-electron chi connectivity index (χ0n) is 17.0. The van der Waals surface area contributed by atoms with Gasteiger partial charge in [-0.05, 0) is 48.4 Å². The van der Waals surface area contributed by atoms with E-state index in [0.29, 0.717) is 11.6 Å². The minimum Gasteiger partial charge on any atom is -0.324 e. The zero-order chi connectivity index (χ0) is 25.1. The Hall–Kier alpha value is -2.30. The summed E-state index contributed by atoms with van der Waals surface area (Å²) in [5.41, 5.74) is -1.18. The van der Waals surface area contributed by atoms with Crippen molar-refractivity contribution in [3.63, 3.8) is 0 Å². The third kappa shape index (κ3) is 6.64. The van der Waals surface area contributed by atoms with E-state index < -0.39 is 39.4 Å². The number of halogens is 6. The maximum Gasteiger partial charge on any atom is 0.418 e. The molecule has 0 aliphatic carbocycles. The molecule has 0 saturated heterocycles. The molecule has 5 nitrogen and oxygen atoms in total. The molecule has 3 rings (SSSR count). The van der Waals surface area contributed by atoms with Crippen molar-refractivity contribution >= 4 is 56.4 Å². The topological polar surface area (TPSA) is 75.3 Å². The molecular weight excluding hydrogens is 536 g/mol. The first-order valence-corrected chi connectivity index (χ1v) is 12.2. The summed E-state index contributed by atoms with van der Waals surface area (Å²) in [5, 5.41) is 1.93. The lowest BCUT2D eigenvalue weighted by Crippen LogP contribution is -2.45. The number of alkyl halides is 3. The van der Waals surface area contributed by atoms with Gasteiger partial charge in [-0.15, -0.1) is 0 Å². The number of rotatable bonds is 7. The predicted octanol–water partition coefficient (Wildman–Crippen LogP) is 6.19. The number of nitrogens with one attached hydrogen (secondary N) is 2. The van der Waals surface area contributed by atoms with Crippen LogP contribution in [0.2, 0.25) is 15.1 Å². The van der Waals surface area contributed by atoms with E-state index in [1.54, 1.807) is 30.3 Å². The van der Waals surface area contributed by atoms with Crippen LogP contribution in [0.5, 0.6) is 0 Å². The summed E-state index contributed by atoms with van der Waals surface area (Å²) >= 11 is 17.6. The lowest BCUT2D eigenvalue weighted by molar-refractivity contribution is -0.137. The van der Waals surface area contributed by atoms with Crippen LogP contribution in [0.1, 0.15) is 11.1 Å². The standard InChI is InChI=1S/C22H16Cl3F3N2O3S/c23-14-7-9-18(16(11-14)22(26,27)28)29-21(31)19(10-13-4-2-1-3-5-13)30-34(32,33)20-12-15(24)6-8-17(20)25/h1-9,11-12,19,30H,10H2,(H,29,31)/t19-/m1/s1. The molecule has 3 aromatic carbocycles. The van der Waals surface area contributed by atoms with Crippen molar-refractivity contribution < 1.29 is 26.4 Å². The molecule has 1 atom stereocenters. The maximum atomic E-state index is 13.5. The number of benzene rings is 3.